The van der Waals surface area contributed by atoms with Crippen molar-refractivity contribution >= 4 is 17.9 Å². The third-order valence-electron chi connectivity index (χ3n) is 7.52. The van der Waals surface area contributed by atoms with E-state index in [-0.39, 0.29) is 12.1 Å². The van der Waals surface area contributed by atoms with Gasteiger partial charge in [-0.25, -0.2) is 14.6 Å². The Hall–Kier alpha value is -3.37. The molecule has 0 aliphatic carbocycles. The van der Waals surface area contributed by atoms with Gasteiger partial charge >= 0.3 is 12.1 Å². The Morgan fingerprint density at radius 3 is 2.61 bits per heavy atom. The number of carbonyl (C=O) groups is 2. The number of rotatable bonds is 6. The molecule has 1 aromatic carbocycles. The normalized spacial score (nSPS) is 19.8. The van der Waals surface area contributed by atoms with Gasteiger partial charge in [-0.15, -0.1) is 0 Å². The summed E-state index contributed by atoms with van der Waals surface area (Å²) in [6.07, 6.45) is 2.94. The molecular weight excluding hydrogens is 460 g/mol. The molecule has 5 rings (SSSR count). The van der Waals surface area contributed by atoms with Crippen molar-refractivity contribution in [1.29, 1.82) is 0 Å². The van der Waals surface area contributed by atoms with Gasteiger partial charge < -0.3 is 19.3 Å². The second-order valence-corrected chi connectivity index (χ2v) is 9.63. The maximum absolute atomic E-state index is 13.9. The van der Waals surface area contributed by atoms with Gasteiger partial charge in [-0.2, -0.15) is 0 Å². The van der Waals surface area contributed by atoms with Crippen molar-refractivity contribution in [2.45, 2.75) is 37.8 Å². The lowest BCUT2D eigenvalue weighted by atomic mass is 9.86. The third kappa shape index (κ3) is 4.70. The number of likely N-dealkylation sites (tertiary alicyclic amines) is 1. The number of carbonyl (C=O) groups excluding carboxylic acids is 2. The molecule has 2 N–H and O–H groups in total. The molecule has 0 atom stereocenters. The summed E-state index contributed by atoms with van der Waals surface area (Å²) in [5.74, 6) is 1.78. The maximum Gasteiger partial charge on any atom is 0.409 e. The van der Waals surface area contributed by atoms with E-state index in [1.807, 2.05) is 48.4 Å². The molecule has 0 unspecified atom stereocenters. The Morgan fingerprint density at radius 2 is 1.94 bits per heavy atom. The molecule has 1 aromatic heterocycles. The van der Waals surface area contributed by atoms with E-state index in [1.165, 1.54) is 0 Å². The molecule has 0 saturated carbocycles. The highest BCUT2D eigenvalue weighted by Gasteiger charge is 2.52. The van der Waals surface area contributed by atoms with Gasteiger partial charge in [0.25, 0.3) is 0 Å². The smallest absolute Gasteiger partial charge is 0.409 e. The van der Waals surface area contributed by atoms with Crippen LogP contribution in [0.5, 0.6) is 5.75 Å². The number of piperidine rings is 1. The topological polar surface area (TPSA) is 99.3 Å². The van der Waals surface area contributed by atoms with E-state index >= 15 is 0 Å². The van der Waals surface area contributed by atoms with Crippen LogP contribution < -0.4 is 20.5 Å². The van der Waals surface area contributed by atoms with Crippen LogP contribution in [0, 0.1) is 0 Å². The first-order chi connectivity index (χ1) is 17.5. The van der Waals surface area contributed by atoms with Crippen molar-refractivity contribution < 1.29 is 19.1 Å². The number of nitrogens with zero attached hydrogens (tertiary/aromatic N) is 4. The molecule has 3 aliphatic rings. The van der Waals surface area contributed by atoms with Crippen LogP contribution in [0.3, 0.4) is 0 Å². The van der Waals surface area contributed by atoms with Gasteiger partial charge in [0, 0.05) is 44.8 Å². The maximum atomic E-state index is 13.9. The van der Waals surface area contributed by atoms with Crippen LogP contribution in [0.1, 0.15) is 36.8 Å². The van der Waals surface area contributed by atoms with E-state index < -0.39 is 5.54 Å². The number of hydrogen-bond acceptors (Lipinski definition) is 7. The number of hydrazine groups is 1. The number of urea groups is 1. The van der Waals surface area contributed by atoms with E-state index in [0.29, 0.717) is 57.4 Å². The number of aromatic nitrogens is 1. The van der Waals surface area contributed by atoms with Crippen molar-refractivity contribution in [2.24, 2.45) is 0 Å². The summed E-state index contributed by atoms with van der Waals surface area (Å²) in [6, 6.07) is 11.8. The number of anilines is 1. The van der Waals surface area contributed by atoms with Gasteiger partial charge in [-0.3, -0.25) is 15.8 Å². The van der Waals surface area contributed by atoms with Crippen LogP contribution in [-0.2, 0) is 11.3 Å². The molecule has 3 saturated heterocycles. The summed E-state index contributed by atoms with van der Waals surface area (Å²) >= 11 is 0. The molecule has 3 fully saturated rings. The van der Waals surface area contributed by atoms with Crippen molar-refractivity contribution in [1.82, 2.24) is 25.6 Å². The number of hydrogen-bond donors (Lipinski definition) is 2. The number of amides is 3. The van der Waals surface area contributed by atoms with Crippen LogP contribution in [-0.4, -0.2) is 78.9 Å². The Kier molecular flexibility index (Phi) is 6.97. The molecule has 1 spiro atoms. The second-order valence-electron chi connectivity index (χ2n) is 9.63. The van der Waals surface area contributed by atoms with Gasteiger partial charge in [-0.05, 0) is 49.1 Å². The van der Waals surface area contributed by atoms with Gasteiger partial charge in [0.2, 0.25) is 0 Å². The average Bonchev–Trinajstić information content (AvgIpc) is 3.53. The molecule has 10 nitrogen and oxygen atoms in total. The fraction of sp³-hybridized carbons (Fsp3) is 0.500. The van der Waals surface area contributed by atoms with Crippen LogP contribution in [0.25, 0.3) is 0 Å². The fourth-order valence-corrected chi connectivity index (χ4v) is 5.41. The highest BCUT2D eigenvalue weighted by molar-refractivity contribution is 5.94. The zero-order valence-electron chi connectivity index (χ0n) is 20.9. The summed E-state index contributed by atoms with van der Waals surface area (Å²) in [5, 5.41) is 0. The monoisotopic (exact) mass is 494 g/mol. The van der Waals surface area contributed by atoms with Crippen LogP contribution >= 0.6 is 0 Å². The summed E-state index contributed by atoms with van der Waals surface area (Å²) < 4.78 is 10.6. The van der Waals surface area contributed by atoms with Crippen molar-refractivity contribution in [2.75, 3.05) is 51.3 Å². The largest absolute Gasteiger partial charge is 0.497 e. The first kappa shape index (κ1) is 24.3. The number of ether oxygens (including phenoxy) is 2. The van der Waals surface area contributed by atoms with E-state index in [9.17, 15) is 9.59 Å². The third-order valence-corrected chi connectivity index (χ3v) is 7.52. The summed E-state index contributed by atoms with van der Waals surface area (Å²) in [4.78, 5) is 36.3. The number of pyridine rings is 1. The molecule has 4 heterocycles. The standard InChI is InChI=1S/C26H34N6O4/c1-3-36-25(34)30-11-9-26(10-12-30)18-31(23-8-7-20(14-27-23)21-15-28-29-16-21)24(33)32(26)17-19-5-4-6-22(13-19)35-2/h4-8,13-14,21,28-29H,3,9-12,15-18H2,1-2H3. The second kappa shape index (κ2) is 10.3. The molecule has 0 bridgehead atoms. The highest BCUT2D eigenvalue weighted by Crippen LogP contribution is 2.39. The van der Waals surface area contributed by atoms with Gasteiger partial charge in [0.15, 0.2) is 0 Å². The average molecular weight is 495 g/mol. The van der Waals surface area contributed by atoms with E-state index in [4.69, 9.17) is 9.47 Å². The molecule has 2 aromatic rings. The Balaban J connectivity index is 1.39. The first-order valence-electron chi connectivity index (χ1n) is 12.6. The summed E-state index contributed by atoms with van der Waals surface area (Å²) in [6.45, 7) is 5.96. The lowest BCUT2D eigenvalue weighted by Crippen LogP contribution is -2.55. The Bertz CT molecular complexity index is 1080. The Morgan fingerprint density at radius 1 is 1.17 bits per heavy atom. The SMILES string of the molecule is CCOC(=O)N1CCC2(CC1)CN(c1ccc(C3CNNC3)cn1)C(=O)N2Cc1cccc(OC)c1. The van der Waals surface area contributed by atoms with Crippen LogP contribution in [0.15, 0.2) is 42.6 Å². The van der Waals surface area contributed by atoms with Crippen molar-refractivity contribution in [3.05, 3.63) is 53.7 Å². The minimum Gasteiger partial charge on any atom is -0.497 e. The predicted octanol–water partition coefficient (Wildman–Crippen LogP) is 2.71. The van der Waals surface area contributed by atoms with Crippen LogP contribution in [0.4, 0.5) is 15.4 Å². The molecule has 36 heavy (non-hydrogen) atoms. The van der Waals surface area contributed by atoms with Gasteiger partial charge in [0.1, 0.15) is 11.6 Å². The quantitative estimate of drug-likeness (QED) is 0.637. The molecule has 3 amide bonds. The lowest BCUT2D eigenvalue weighted by molar-refractivity contribution is 0.0553. The minimum atomic E-state index is -0.400. The van der Waals surface area contributed by atoms with Crippen molar-refractivity contribution in [3.8, 4) is 5.75 Å². The first-order valence-corrected chi connectivity index (χ1v) is 12.6. The highest BCUT2D eigenvalue weighted by atomic mass is 16.6. The van der Waals surface area contributed by atoms with E-state index in [0.717, 1.165) is 30.0 Å². The van der Waals surface area contributed by atoms with Crippen LogP contribution in [0.2, 0.25) is 0 Å². The van der Waals surface area contributed by atoms with Gasteiger partial charge in [-0.1, -0.05) is 18.2 Å². The number of nitrogens with one attached hydrogen (secondary N) is 2. The van der Waals surface area contributed by atoms with E-state index in [2.05, 4.69) is 21.9 Å². The van der Waals surface area contributed by atoms with E-state index in [1.54, 1.807) is 16.9 Å². The zero-order chi connectivity index (χ0) is 25.1. The summed E-state index contributed by atoms with van der Waals surface area (Å²) in [7, 11) is 1.64. The molecule has 10 heteroatoms. The molecule has 0 radical (unpaired) electrons. The molecular formula is C26H34N6O4. The van der Waals surface area contributed by atoms with Gasteiger partial charge in [0.05, 0.1) is 25.8 Å². The van der Waals surface area contributed by atoms with Crippen molar-refractivity contribution in [3.63, 3.8) is 0 Å². The summed E-state index contributed by atoms with van der Waals surface area (Å²) in [5.41, 5.74) is 8.04. The fourth-order valence-electron chi connectivity index (χ4n) is 5.41. The number of methoxy groups -OCH3 is 1. The molecule has 192 valence electrons. The molecule has 3 aliphatic heterocycles. The Labute approximate surface area is 211 Å². The predicted molar refractivity (Wildman–Crippen MR) is 135 cm³/mol. The minimum absolute atomic E-state index is 0.0631. The lowest BCUT2D eigenvalue weighted by Gasteiger charge is -2.43. The number of benzene rings is 1. The zero-order valence-corrected chi connectivity index (χ0v) is 20.9.